The molecule has 0 saturated heterocycles. The first-order valence-electron chi connectivity index (χ1n) is 1.31. The third kappa shape index (κ3) is 278. The SMILES string of the molecule is N#CC#N.O=C([O-])[O-].[Na+].[Na+]. The maximum atomic E-state index is 8.33. The van der Waals surface area contributed by atoms with Gasteiger partial charge in [-0.1, -0.05) is 0 Å². The van der Waals surface area contributed by atoms with Gasteiger partial charge >= 0.3 is 59.1 Å². The van der Waals surface area contributed by atoms with Crippen LogP contribution >= 0.6 is 0 Å². The Labute approximate surface area is 102 Å². The molecule has 0 aliphatic heterocycles. The molecule has 0 aromatic rings. The van der Waals surface area contributed by atoms with Crippen LogP contribution in [-0.2, 0) is 0 Å². The van der Waals surface area contributed by atoms with E-state index in [1.54, 1.807) is 0 Å². The van der Waals surface area contributed by atoms with Crippen LogP contribution in [0.3, 0.4) is 0 Å². The minimum absolute atomic E-state index is 0. The second-order valence-corrected chi connectivity index (χ2v) is 0.474. The first-order chi connectivity index (χ1) is 3.65. The molecule has 0 spiro atoms. The minimum Gasteiger partial charge on any atom is -0.652 e. The van der Waals surface area contributed by atoms with Gasteiger partial charge in [-0.05, 0) is 6.16 Å². The average molecular weight is 158 g/mol. The summed E-state index contributed by atoms with van der Waals surface area (Å²) in [5.41, 5.74) is 0. The molecule has 0 amide bonds. The fourth-order valence-corrected chi connectivity index (χ4v) is 0. The van der Waals surface area contributed by atoms with Crippen molar-refractivity contribution in [3.05, 3.63) is 0 Å². The van der Waals surface area contributed by atoms with Crippen LogP contribution in [0.4, 0.5) is 4.79 Å². The fourth-order valence-electron chi connectivity index (χ4n) is 0. The van der Waals surface area contributed by atoms with Gasteiger partial charge in [0.25, 0.3) is 0 Å². The van der Waals surface area contributed by atoms with Gasteiger partial charge in [-0.15, -0.1) is 0 Å². The summed E-state index contributed by atoms with van der Waals surface area (Å²) in [4.78, 5) is 8.33. The second-order valence-electron chi connectivity index (χ2n) is 0.474. The molecule has 0 N–H and O–H groups in total. The third-order valence-electron chi connectivity index (χ3n) is 0.0500. The predicted octanol–water partition coefficient (Wildman–Crippen LogP) is -8.41. The number of nitriles is 2. The maximum absolute atomic E-state index is 8.33. The van der Waals surface area contributed by atoms with Gasteiger partial charge in [0.05, 0.1) is 0 Å². The van der Waals surface area contributed by atoms with Crippen LogP contribution in [-0.4, -0.2) is 6.16 Å². The first kappa shape index (κ1) is 22.5. The normalized spacial score (nSPS) is 3.40. The van der Waals surface area contributed by atoms with E-state index in [2.05, 4.69) is 0 Å². The average Bonchev–Trinajstić information content (AvgIpc) is 1.65. The summed E-state index contributed by atoms with van der Waals surface area (Å²) in [6.07, 6.45) is -2.33. The largest absolute Gasteiger partial charge is 1.00 e. The molecule has 0 aromatic heterocycles. The monoisotopic (exact) mass is 158 g/mol. The van der Waals surface area contributed by atoms with Gasteiger partial charge in [-0.25, -0.2) is 0 Å². The van der Waals surface area contributed by atoms with Gasteiger partial charge in [-0.3, -0.25) is 0 Å². The van der Waals surface area contributed by atoms with E-state index in [9.17, 15) is 0 Å². The summed E-state index contributed by atoms with van der Waals surface area (Å²) in [5, 5.41) is 31.2. The zero-order valence-electron chi connectivity index (χ0n) is 5.62. The van der Waals surface area contributed by atoms with Crippen LogP contribution in [0.25, 0.3) is 0 Å². The van der Waals surface area contributed by atoms with Crippen LogP contribution in [0.15, 0.2) is 0 Å². The van der Waals surface area contributed by atoms with Gasteiger partial charge < -0.3 is 15.0 Å². The molecule has 0 aliphatic rings. The Hall–Kier alpha value is 0.250. The van der Waals surface area contributed by atoms with Crippen molar-refractivity contribution in [2.75, 3.05) is 0 Å². The molecule has 0 aliphatic carbocycles. The molecule has 0 unspecified atom stereocenters. The van der Waals surface area contributed by atoms with E-state index in [-0.39, 0.29) is 59.1 Å². The standard InChI is InChI=1S/C2N2.CH2O3.2Na/c3-1-2-4;2-1(3)4;;/h;(H2,2,3,4);;/q;;2*+1/p-2. The Morgan fingerprint density at radius 1 is 1.10 bits per heavy atom. The van der Waals surface area contributed by atoms with Crippen LogP contribution in [0.2, 0.25) is 0 Å². The first-order valence-corrected chi connectivity index (χ1v) is 1.31. The van der Waals surface area contributed by atoms with Gasteiger partial charge in [0.15, 0.2) is 12.1 Å². The van der Waals surface area contributed by atoms with E-state index in [1.807, 2.05) is 0 Å². The number of rotatable bonds is 0. The van der Waals surface area contributed by atoms with Crippen molar-refractivity contribution in [3.63, 3.8) is 0 Å². The van der Waals surface area contributed by atoms with Gasteiger partial charge in [0, 0.05) is 0 Å². The number of carboxylic acid groups (broad SMARTS) is 2. The number of nitrogens with zero attached hydrogens (tertiary/aromatic N) is 2. The molecule has 42 valence electrons. The molecule has 7 heteroatoms. The Morgan fingerprint density at radius 3 is 1.20 bits per heavy atom. The number of carbonyl (C=O) groups is 1. The Bertz CT molecular complexity index is 131. The van der Waals surface area contributed by atoms with Crippen LogP contribution in [0, 0.1) is 22.7 Å². The van der Waals surface area contributed by atoms with Crippen molar-refractivity contribution in [1.82, 2.24) is 0 Å². The molecule has 0 saturated carbocycles. The zero-order chi connectivity index (χ0) is 6.99. The Morgan fingerprint density at radius 2 is 1.20 bits per heavy atom. The molecule has 0 heterocycles. The summed E-state index contributed by atoms with van der Waals surface area (Å²) in [5.74, 6) is 0. The van der Waals surface area contributed by atoms with Crippen molar-refractivity contribution in [2.24, 2.45) is 0 Å². The summed E-state index contributed by atoms with van der Waals surface area (Å²) in [6.45, 7) is 0. The van der Waals surface area contributed by atoms with E-state index < -0.39 is 6.16 Å². The molecule has 5 nitrogen and oxygen atoms in total. The summed E-state index contributed by atoms with van der Waals surface area (Å²) >= 11 is 0. The third-order valence-corrected chi connectivity index (χ3v) is 0.0500. The molecular weight excluding hydrogens is 158 g/mol. The maximum Gasteiger partial charge on any atom is 1.00 e. The molecular formula is C3N2Na2O3. The van der Waals surface area contributed by atoms with E-state index in [0.29, 0.717) is 0 Å². The molecule has 0 radical (unpaired) electrons. The smallest absolute Gasteiger partial charge is 0.652 e. The van der Waals surface area contributed by atoms with Crippen molar-refractivity contribution >= 4 is 6.16 Å². The van der Waals surface area contributed by atoms with E-state index in [0.717, 1.165) is 0 Å². The topological polar surface area (TPSA) is 111 Å². The van der Waals surface area contributed by atoms with E-state index >= 15 is 0 Å². The number of hydrogen-bond donors (Lipinski definition) is 0. The van der Waals surface area contributed by atoms with Crippen molar-refractivity contribution in [2.45, 2.75) is 0 Å². The summed E-state index contributed by atoms with van der Waals surface area (Å²) < 4.78 is 0. The van der Waals surface area contributed by atoms with Gasteiger partial charge in [-0.2, -0.15) is 10.5 Å². The quantitative estimate of drug-likeness (QED) is 0.325. The van der Waals surface area contributed by atoms with Crippen LogP contribution in [0.1, 0.15) is 0 Å². The molecule has 10 heavy (non-hydrogen) atoms. The van der Waals surface area contributed by atoms with Crippen molar-refractivity contribution < 1.29 is 74.1 Å². The molecule has 0 rings (SSSR count). The van der Waals surface area contributed by atoms with Gasteiger partial charge in [0.2, 0.25) is 0 Å². The van der Waals surface area contributed by atoms with E-state index in [1.165, 1.54) is 12.1 Å². The minimum atomic E-state index is -2.33. The van der Waals surface area contributed by atoms with Crippen LogP contribution < -0.4 is 69.3 Å². The van der Waals surface area contributed by atoms with E-state index in [4.69, 9.17) is 25.5 Å². The van der Waals surface area contributed by atoms with Crippen molar-refractivity contribution in [1.29, 1.82) is 10.5 Å². The predicted molar refractivity (Wildman–Crippen MR) is 16.6 cm³/mol. The fraction of sp³-hybridized carbons (Fsp3) is 0. The molecule has 0 fully saturated rings. The second kappa shape index (κ2) is 22.8. The van der Waals surface area contributed by atoms with Gasteiger partial charge in [0.1, 0.15) is 0 Å². The summed E-state index contributed by atoms with van der Waals surface area (Å²) in [6, 6.07) is 2.47. The summed E-state index contributed by atoms with van der Waals surface area (Å²) in [7, 11) is 0. The Balaban J connectivity index is -0.0000000300. The van der Waals surface area contributed by atoms with Crippen LogP contribution in [0.5, 0.6) is 0 Å². The molecule has 0 atom stereocenters. The van der Waals surface area contributed by atoms with Crippen molar-refractivity contribution in [3.8, 4) is 12.1 Å². The molecule has 0 aromatic carbocycles. The number of hydrogen-bond acceptors (Lipinski definition) is 5. The molecule has 0 bridgehead atoms. The number of carbonyl (C=O) groups excluding carboxylic acids is 1. The zero-order valence-corrected chi connectivity index (χ0v) is 9.62. The Kier molecular flexibility index (Phi) is 51.3.